The summed E-state index contributed by atoms with van der Waals surface area (Å²) in [5.74, 6) is 1.63. The van der Waals surface area contributed by atoms with Gasteiger partial charge < -0.3 is 9.72 Å². The Morgan fingerprint density at radius 1 is 1.29 bits per heavy atom. The first kappa shape index (κ1) is 17.2. The monoisotopic (exact) mass is 327 g/mol. The third-order valence-corrected chi connectivity index (χ3v) is 5.13. The van der Waals surface area contributed by atoms with Crippen molar-refractivity contribution in [3.05, 3.63) is 53.1 Å². The van der Waals surface area contributed by atoms with Gasteiger partial charge in [0.25, 0.3) is 0 Å². The molecular weight excluding hydrogens is 298 g/mol. The van der Waals surface area contributed by atoms with Gasteiger partial charge >= 0.3 is 0 Å². The van der Waals surface area contributed by atoms with Crippen LogP contribution in [-0.2, 0) is 24.1 Å². The minimum Gasteiger partial charge on any atom is -0.381 e. The molecule has 0 amide bonds. The Morgan fingerprint density at radius 3 is 2.75 bits per heavy atom. The van der Waals surface area contributed by atoms with Crippen LogP contribution in [0.25, 0.3) is 0 Å². The van der Waals surface area contributed by atoms with Gasteiger partial charge in [0.15, 0.2) is 0 Å². The normalized spacial score (nSPS) is 22.0. The number of likely N-dealkylation sites (tertiary alicyclic amines) is 1. The third-order valence-electron chi connectivity index (χ3n) is 5.13. The number of hydrogen-bond acceptors (Lipinski definition) is 3. The molecule has 3 rings (SSSR count). The minimum absolute atomic E-state index is 0.355. The zero-order chi connectivity index (χ0) is 16.9. The average Bonchev–Trinajstić information content (AvgIpc) is 2.96. The van der Waals surface area contributed by atoms with E-state index in [2.05, 4.69) is 54.1 Å². The van der Waals surface area contributed by atoms with Crippen molar-refractivity contribution in [1.82, 2.24) is 14.9 Å². The first-order valence-electron chi connectivity index (χ1n) is 9.03. The van der Waals surface area contributed by atoms with E-state index in [1.54, 1.807) is 0 Å². The number of aromatic amines is 1. The van der Waals surface area contributed by atoms with Gasteiger partial charge in [-0.2, -0.15) is 0 Å². The molecule has 1 fully saturated rings. The Bertz CT molecular complexity index is 638. The molecule has 4 heteroatoms. The summed E-state index contributed by atoms with van der Waals surface area (Å²) in [5, 5.41) is 0. The molecule has 4 nitrogen and oxygen atoms in total. The summed E-state index contributed by atoms with van der Waals surface area (Å²) in [4.78, 5) is 10.7. The van der Waals surface area contributed by atoms with Crippen LogP contribution in [-0.4, -0.2) is 41.2 Å². The number of ether oxygens (including phenoxy) is 1. The van der Waals surface area contributed by atoms with E-state index in [-0.39, 0.29) is 0 Å². The molecule has 0 spiro atoms. The number of piperidine rings is 1. The van der Waals surface area contributed by atoms with Gasteiger partial charge in [0.05, 0.1) is 11.8 Å². The fourth-order valence-electron chi connectivity index (χ4n) is 3.75. The van der Waals surface area contributed by atoms with E-state index in [4.69, 9.17) is 9.72 Å². The summed E-state index contributed by atoms with van der Waals surface area (Å²) in [6, 6.07) is 10.8. The maximum atomic E-state index is 5.77. The number of nitrogens with zero attached hydrogens (tertiary/aromatic N) is 2. The molecule has 1 aliphatic heterocycles. The number of aromatic nitrogens is 2. The van der Waals surface area contributed by atoms with E-state index in [1.807, 2.05) is 7.11 Å². The van der Waals surface area contributed by atoms with Crippen LogP contribution in [0.15, 0.2) is 30.3 Å². The highest BCUT2D eigenvalue weighted by Crippen LogP contribution is 2.25. The summed E-state index contributed by atoms with van der Waals surface area (Å²) < 4.78 is 5.77. The van der Waals surface area contributed by atoms with Crippen LogP contribution in [0, 0.1) is 12.8 Å². The Balaban J connectivity index is 1.66. The van der Waals surface area contributed by atoms with Crippen molar-refractivity contribution < 1.29 is 4.74 Å². The van der Waals surface area contributed by atoms with Crippen LogP contribution < -0.4 is 0 Å². The highest BCUT2D eigenvalue weighted by atomic mass is 16.5. The Labute approximate surface area is 145 Å². The Morgan fingerprint density at radius 2 is 2.08 bits per heavy atom. The van der Waals surface area contributed by atoms with Gasteiger partial charge in [-0.1, -0.05) is 37.3 Å². The standard InChI is InChI=1S/C20H29N3O/c1-4-20-21-15(2)18(22-20)14-23-11-10-19(24-3)17(13-23)12-16-8-6-5-7-9-16/h5-9,17,19H,4,10-14H2,1-3H3,(H,21,22)/t17-,19+/m1/s1. The molecule has 2 aromatic rings. The molecule has 0 saturated carbocycles. The van der Waals surface area contributed by atoms with Crippen LogP contribution in [0.5, 0.6) is 0 Å². The van der Waals surface area contributed by atoms with E-state index in [9.17, 15) is 0 Å². The first-order valence-corrected chi connectivity index (χ1v) is 9.03. The van der Waals surface area contributed by atoms with Crippen LogP contribution >= 0.6 is 0 Å². The van der Waals surface area contributed by atoms with Gasteiger partial charge in [0.1, 0.15) is 5.82 Å². The second-order valence-electron chi connectivity index (χ2n) is 6.86. The van der Waals surface area contributed by atoms with Crippen molar-refractivity contribution in [2.24, 2.45) is 5.92 Å². The van der Waals surface area contributed by atoms with Gasteiger partial charge in [-0.05, 0) is 25.3 Å². The summed E-state index contributed by atoms with van der Waals surface area (Å²) in [6.07, 6.45) is 3.49. The molecule has 2 heterocycles. The maximum Gasteiger partial charge on any atom is 0.106 e. The lowest BCUT2D eigenvalue weighted by atomic mass is 9.88. The minimum atomic E-state index is 0.355. The third kappa shape index (κ3) is 4.05. The Hall–Kier alpha value is -1.65. The number of imidazole rings is 1. The first-order chi connectivity index (χ1) is 11.7. The molecule has 1 N–H and O–H groups in total. The van der Waals surface area contributed by atoms with Gasteiger partial charge in [-0.3, -0.25) is 4.90 Å². The molecule has 130 valence electrons. The van der Waals surface area contributed by atoms with Crippen LogP contribution in [0.2, 0.25) is 0 Å². The predicted molar refractivity (Wildman–Crippen MR) is 97.0 cm³/mol. The van der Waals surface area contributed by atoms with E-state index >= 15 is 0 Å². The fourth-order valence-corrected chi connectivity index (χ4v) is 3.75. The van der Waals surface area contributed by atoms with Crippen molar-refractivity contribution >= 4 is 0 Å². The van der Waals surface area contributed by atoms with Crippen molar-refractivity contribution in [1.29, 1.82) is 0 Å². The number of aryl methyl sites for hydroxylation is 2. The highest BCUT2D eigenvalue weighted by Gasteiger charge is 2.29. The largest absolute Gasteiger partial charge is 0.381 e. The molecule has 24 heavy (non-hydrogen) atoms. The van der Waals surface area contributed by atoms with Crippen molar-refractivity contribution in [3.8, 4) is 0 Å². The fraction of sp³-hybridized carbons (Fsp3) is 0.550. The number of H-pyrrole nitrogens is 1. The van der Waals surface area contributed by atoms with Gasteiger partial charge in [0.2, 0.25) is 0 Å². The second kappa shape index (κ2) is 7.95. The topological polar surface area (TPSA) is 41.2 Å². The maximum absolute atomic E-state index is 5.77. The summed E-state index contributed by atoms with van der Waals surface area (Å²) in [6.45, 7) is 7.36. The zero-order valence-electron chi connectivity index (χ0n) is 15.1. The molecule has 0 bridgehead atoms. The van der Waals surface area contributed by atoms with Gasteiger partial charge in [-0.15, -0.1) is 0 Å². The van der Waals surface area contributed by atoms with Crippen molar-refractivity contribution in [2.75, 3.05) is 20.2 Å². The van der Waals surface area contributed by atoms with E-state index < -0.39 is 0 Å². The van der Waals surface area contributed by atoms with E-state index in [0.29, 0.717) is 12.0 Å². The number of benzene rings is 1. The lowest BCUT2D eigenvalue weighted by Crippen LogP contribution is -2.44. The Kier molecular flexibility index (Phi) is 5.69. The van der Waals surface area contributed by atoms with Crippen LogP contribution in [0.4, 0.5) is 0 Å². The molecule has 0 aliphatic carbocycles. The number of rotatable bonds is 6. The lowest BCUT2D eigenvalue weighted by molar-refractivity contribution is -0.00879. The van der Waals surface area contributed by atoms with Gasteiger partial charge in [-0.25, -0.2) is 4.98 Å². The molecule has 1 saturated heterocycles. The van der Waals surface area contributed by atoms with Crippen LogP contribution in [0.3, 0.4) is 0 Å². The number of hydrogen-bond donors (Lipinski definition) is 1. The molecular formula is C20H29N3O. The number of nitrogens with one attached hydrogen (secondary N) is 1. The quantitative estimate of drug-likeness (QED) is 0.884. The number of methoxy groups -OCH3 is 1. The molecule has 1 aliphatic rings. The molecule has 1 aromatic heterocycles. The summed E-state index contributed by atoms with van der Waals surface area (Å²) in [7, 11) is 1.85. The van der Waals surface area contributed by atoms with Crippen LogP contribution in [0.1, 0.15) is 36.1 Å². The zero-order valence-corrected chi connectivity index (χ0v) is 15.1. The predicted octanol–water partition coefficient (Wildman–Crippen LogP) is 3.36. The molecule has 0 unspecified atom stereocenters. The second-order valence-corrected chi connectivity index (χ2v) is 6.86. The molecule has 2 atom stereocenters. The van der Waals surface area contributed by atoms with Gasteiger partial charge in [0, 0.05) is 44.8 Å². The smallest absolute Gasteiger partial charge is 0.106 e. The lowest BCUT2D eigenvalue weighted by Gasteiger charge is -2.37. The van der Waals surface area contributed by atoms with E-state index in [1.165, 1.54) is 17.0 Å². The molecule has 1 aromatic carbocycles. The average molecular weight is 327 g/mol. The summed E-state index contributed by atoms with van der Waals surface area (Å²) >= 11 is 0. The summed E-state index contributed by atoms with van der Waals surface area (Å²) in [5.41, 5.74) is 3.80. The SMILES string of the molecule is CCc1nc(CN2CC[C@H](OC)[C@H](Cc3ccccc3)C2)c(C)[nH]1. The van der Waals surface area contributed by atoms with Crippen molar-refractivity contribution in [3.63, 3.8) is 0 Å². The van der Waals surface area contributed by atoms with E-state index in [0.717, 1.165) is 44.7 Å². The molecule has 0 radical (unpaired) electrons. The van der Waals surface area contributed by atoms with Crippen molar-refractivity contribution in [2.45, 2.75) is 45.8 Å². The highest BCUT2D eigenvalue weighted by molar-refractivity contribution is 5.16.